The molecule has 0 aromatic carbocycles. The maximum atomic E-state index is 12.1. The Morgan fingerprint density at radius 1 is 1.29 bits per heavy atom. The molecule has 17 heavy (non-hydrogen) atoms. The summed E-state index contributed by atoms with van der Waals surface area (Å²) in [5.41, 5.74) is 7.88. The van der Waals surface area contributed by atoms with Crippen LogP contribution in [0.4, 0.5) is 5.69 Å². The average molecular weight is 247 g/mol. The zero-order chi connectivity index (χ0) is 12.3. The first-order valence-corrected chi connectivity index (χ1v) is 6.50. The third-order valence-electron chi connectivity index (χ3n) is 2.24. The highest BCUT2D eigenvalue weighted by molar-refractivity contribution is 7.84. The van der Waals surface area contributed by atoms with E-state index in [0.29, 0.717) is 16.5 Å². The Morgan fingerprint density at radius 2 is 2.12 bits per heavy atom. The minimum atomic E-state index is -1.25. The molecule has 0 saturated carbocycles. The number of aryl methyl sites for hydroxylation is 1. The molecule has 1 unspecified atom stereocenters. The SMILES string of the molecule is Cc1cccc(CS(=O)c2ncccc2N)n1. The quantitative estimate of drug-likeness (QED) is 0.895. The third-order valence-corrected chi connectivity index (χ3v) is 3.57. The van der Waals surface area contributed by atoms with Crippen molar-refractivity contribution in [1.82, 2.24) is 9.97 Å². The number of nitrogens with two attached hydrogens (primary N) is 1. The summed E-state index contributed by atoms with van der Waals surface area (Å²) in [5, 5.41) is 0.427. The number of anilines is 1. The summed E-state index contributed by atoms with van der Waals surface area (Å²) in [4.78, 5) is 8.35. The molecule has 0 aliphatic heterocycles. The number of nitrogen functional groups attached to an aromatic ring is 1. The van der Waals surface area contributed by atoms with Crippen molar-refractivity contribution in [2.24, 2.45) is 0 Å². The van der Waals surface area contributed by atoms with Crippen LogP contribution in [0.2, 0.25) is 0 Å². The maximum Gasteiger partial charge on any atom is 0.150 e. The molecular weight excluding hydrogens is 234 g/mol. The van der Waals surface area contributed by atoms with E-state index in [2.05, 4.69) is 9.97 Å². The summed E-state index contributed by atoms with van der Waals surface area (Å²) in [6.45, 7) is 1.90. The molecule has 0 saturated heterocycles. The lowest BCUT2D eigenvalue weighted by Gasteiger charge is -2.04. The smallest absolute Gasteiger partial charge is 0.150 e. The van der Waals surface area contributed by atoms with Gasteiger partial charge in [-0.25, -0.2) is 4.98 Å². The van der Waals surface area contributed by atoms with Gasteiger partial charge in [-0.15, -0.1) is 0 Å². The van der Waals surface area contributed by atoms with Gasteiger partial charge < -0.3 is 5.73 Å². The van der Waals surface area contributed by atoms with E-state index < -0.39 is 10.8 Å². The standard InChI is InChI=1S/C12H13N3OS/c1-9-4-2-5-10(15-9)8-17(16)12-11(13)6-3-7-14-12/h2-7H,8,13H2,1H3. The fraction of sp³-hybridized carbons (Fsp3) is 0.167. The van der Waals surface area contributed by atoms with Crippen molar-refractivity contribution in [2.75, 3.05) is 5.73 Å². The lowest BCUT2D eigenvalue weighted by Crippen LogP contribution is -2.04. The van der Waals surface area contributed by atoms with Crippen LogP contribution in [0.25, 0.3) is 0 Å². The van der Waals surface area contributed by atoms with Gasteiger partial charge in [-0.2, -0.15) is 0 Å². The molecule has 0 bridgehead atoms. The predicted molar refractivity (Wildman–Crippen MR) is 67.7 cm³/mol. The first-order chi connectivity index (χ1) is 8.16. The van der Waals surface area contributed by atoms with Crippen LogP contribution >= 0.6 is 0 Å². The van der Waals surface area contributed by atoms with Gasteiger partial charge in [0.1, 0.15) is 5.03 Å². The molecule has 4 nitrogen and oxygen atoms in total. The number of hydrogen-bond acceptors (Lipinski definition) is 4. The maximum absolute atomic E-state index is 12.1. The van der Waals surface area contributed by atoms with Crippen molar-refractivity contribution in [3.63, 3.8) is 0 Å². The monoisotopic (exact) mass is 247 g/mol. The molecule has 2 heterocycles. The zero-order valence-corrected chi connectivity index (χ0v) is 10.3. The number of aromatic nitrogens is 2. The molecule has 0 radical (unpaired) electrons. The summed E-state index contributed by atoms with van der Waals surface area (Å²) >= 11 is 0. The second-order valence-corrected chi connectivity index (χ2v) is 5.02. The fourth-order valence-electron chi connectivity index (χ4n) is 1.48. The van der Waals surface area contributed by atoms with Crippen molar-refractivity contribution in [3.8, 4) is 0 Å². The molecule has 88 valence electrons. The lowest BCUT2D eigenvalue weighted by atomic mass is 10.3. The van der Waals surface area contributed by atoms with Crippen molar-refractivity contribution < 1.29 is 4.21 Å². The van der Waals surface area contributed by atoms with E-state index in [4.69, 9.17) is 5.73 Å². The Morgan fingerprint density at radius 3 is 2.82 bits per heavy atom. The molecule has 1 atom stereocenters. The molecule has 0 amide bonds. The minimum Gasteiger partial charge on any atom is -0.396 e. The molecule has 0 aliphatic rings. The Balaban J connectivity index is 2.20. The van der Waals surface area contributed by atoms with Crippen molar-refractivity contribution in [1.29, 1.82) is 0 Å². The van der Waals surface area contributed by atoms with Gasteiger partial charge in [0.15, 0.2) is 0 Å². The highest BCUT2D eigenvalue weighted by Gasteiger charge is 2.10. The Bertz CT molecular complexity index is 557. The van der Waals surface area contributed by atoms with Crippen LogP contribution in [0.1, 0.15) is 11.4 Å². The van der Waals surface area contributed by atoms with Crippen LogP contribution in [-0.2, 0) is 16.6 Å². The summed E-state index contributed by atoms with van der Waals surface area (Å²) in [6, 6.07) is 9.08. The number of rotatable bonds is 3. The van der Waals surface area contributed by atoms with Gasteiger partial charge in [-0.1, -0.05) is 6.07 Å². The van der Waals surface area contributed by atoms with Crippen molar-refractivity contribution >= 4 is 16.5 Å². The van der Waals surface area contributed by atoms with Gasteiger partial charge in [-0.05, 0) is 31.2 Å². The van der Waals surface area contributed by atoms with Crippen LogP contribution in [0.3, 0.4) is 0 Å². The molecule has 2 rings (SSSR count). The predicted octanol–water partition coefficient (Wildman–Crippen LogP) is 1.68. The highest BCUT2D eigenvalue weighted by atomic mass is 32.2. The topological polar surface area (TPSA) is 68.9 Å². The van der Waals surface area contributed by atoms with E-state index in [1.54, 1.807) is 18.3 Å². The summed E-state index contributed by atoms with van der Waals surface area (Å²) in [7, 11) is -1.25. The van der Waals surface area contributed by atoms with Crippen LogP contribution < -0.4 is 5.73 Å². The second kappa shape index (κ2) is 5.05. The van der Waals surface area contributed by atoms with E-state index >= 15 is 0 Å². The number of pyridine rings is 2. The van der Waals surface area contributed by atoms with Gasteiger partial charge >= 0.3 is 0 Å². The zero-order valence-electron chi connectivity index (χ0n) is 9.46. The van der Waals surface area contributed by atoms with Crippen LogP contribution in [0.5, 0.6) is 0 Å². The largest absolute Gasteiger partial charge is 0.396 e. The summed E-state index contributed by atoms with van der Waals surface area (Å²) < 4.78 is 12.1. The molecule has 0 spiro atoms. The Kier molecular flexibility index (Phi) is 3.49. The Labute approximate surface area is 102 Å². The van der Waals surface area contributed by atoms with Crippen LogP contribution in [0.15, 0.2) is 41.6 Å². The summed E-state index contributed by atoms with van der Waals surface area (Å²) in [5.74, 6) is 0.336. The molecule has 0 fully saturated rings. The van der Waals surface area contributed by atoms with Crippen LogP contribution in [0, 0.1) is 6.92 Å². The second-order valence-electron chi connectivity index (χ2n) is 3.66. The number of nitrogens with zero attached hydrogens (tertiary/aromatic N) is 2. The lowest BCUT2D eigenvalue weighted by molar-refractivity contribution is 0.679. The first-order valence-electron chi connectivity index (χ1n) is 5.18. The van der Waals surface area contributed by atoms with E-state index in [1.165, 1.54) is 0 Å². The summed E-state index contributed by atoms with van der Waals surface area (Å²) in [6.07, 6.45) is 1.59. The van der Waals surface area contributed by atoms with E-state index in [9.17, 15) is 4.21 Å². The number of hydrogen-bond donors (Lipinski definition) is 1. The molecule has 5 heteroatoms. The van der Waals surface area contributed by atoms with Crippen LogP contribution in [-0.4, -0.2) is 14.2 Å². The molecular formula is C12H13N3OS. The van der Waals surface area contributed by atoms with Gasteiger partial charge in [-0.3, -0.25) is 9.19 Å². The molecule has 2 N–H and O–H groups in total. The van der Waals surface area contributed by atoms with E-state index in [0.717, 1.165) is 11.4 Å². The van der Waals surface area contributed by atoms with E-state index in [-0.39, 0.29) is 0 Å². The first kappa shape index (κ1) is 11.7. The van der Waals surface area contributed by atoms with Gasteiger partial charge in [0.25, 0.3) is 0 Å². The fourth-order valence-corrected chi connectivity index (χ4v) is 2.55. The highest BCUT2D eigenvalue weighted by Crippen LogP contribution is 2.15. The van der Waals surface area contributed by atoms with Gasteiger partial charge in [0.2, 0.25) is 0 Å². The minimum absolute atomic E-state index is 0.336. The Hall–Kier alpha value is -1.75. The molecule has 0 aliphatic carbocycles. The van der Waals surface area contributed by atoms with Gasteiger partial charge in [0.05, 0.1) is 27.9 Å². The normalized spacial score (nSPS) is 12.3. The molecule has 2 aromatic rings. The van der Waals surface area contributed by atoms with Crippen molar-refractivity contribution in [3.05, 3.63) is 47.9 Å². The van der Waals surface area contributed by atoms with Gasteiger partial charge in [0, 0.05) is 11.9 Å². The average Bonchev–Trinajstić information content (AvgIpc) is 2.29. The van der Waals surface area contributed by atoms with E-state index in [1.807, 2.05) is 25.1 Å². The van der Waals surface area contributed by atoms with Crippen molar-refractivity contribution in [2.45, 2.75) is 17.7 Å². The third kappa shape index (κ3) is 2.88. The molecule has 2 aromatic heterocycles.